The SMILES string of the molecule is S=C(S)ON1CCSCC1. The molecule has 0 bridgehead atoms. The Morgan fingerprint density at radius 3 is 2.60 bits per heavy atom. The van der Waals surface area contributed by atoms with E-state index in [1.54, 1.807) is 0 Å². The third-order valence-electron chi connectivity index (χ3n) is 1.18. The summed E-state index contributed by atoms with van der Waals surface area (Å²) in [4.78, 5) is 5.11. The van der Waals surface area contributed by atoms with Crippen molar-refractivity contribution < 1.29 is 4.84 Å². The van der Waals surface area contributed by atoms with Gasteiger partial charge in [0, 0.05) is 24.6 Å². The van der Waals surface area contributed by atoms with Crippen molar-refractivity contribution in [2.45, 2.75) is 0 Å². The molecule has 0 unspecified atom stereocenters. The van der Waals surface area contributed by atoms with Gasteiger partial charge in [0.1, 0.15) is 0 Å². The minimum atomic E-state index is 0.312. The molecule has 10 heavy (non-hydrogen) atoms. The lowest BCUT2D eigenvalue weighted by atomic mass is 10.6. The summed E-state index contributed by atoms with van der Waals surface area (Å²) in [6.07, 6.45) is 0. The van der Waals surface area contributed by atoms with E-state index >= 15 is 0 Å². The van der Waals surface area contributed by atoms with Crippen molar-refractivity contribution in [2.75, 3.05) is 24.6 Å². The number of hydrogen-bond acceptors (Lipinski definition) is 4. The Labute approximate surface area is 75.7 Å². The van der Waals surface area contributed by atoms with Gasteiger partial charge in [-0.05, 0) is 12.2 Å². The Balaban J connectivity index is 2.19. The molecular formula is C5H9NOS3. The zero-order valence-electron chi connectivity index (χ0n) is 5.45. The summed E-state index contributed by atoms with van der Waals surface area (Å²) < 4.78 is 0.312. The van der Waals surface area contributed by atoms with E-state index in [4.69, 9.17) is 4.84 Å². The first kappa shape index (κ1) is 8.64. The number of nitrogens with zero attached hydrogens (tertiary/aromatic N) is 1. The monoisotopic (exact) mass is 195 g/mol. The van der Waals surface area contributed by atoms with Crippen LogP contribution in [-0.4, -0.2) is 34.0 Å². The molecule has 0 aromatic heterocycles. The number of thioether (sulfide) groups is 1. The number of thiocarbonyl (C=S) groups is 1. The van der Waals surface area contributed by atoms with Crippen LogP contribution in [0.5, 0.6) is 0 Å². The molecule has 1 aliphatic heterocycles. The van der Waals surface area contributed by atoms with Gasteiger partial charge in [0.2, 0.25) is 4.38 Å². The molecular weight excluding hydrogens is 186 g/mol. The highest BCUT2D eigenvalue weighted by Gasteiger charge is 2.11. The Hall–Kier alpha value is 0.550. The van der Waals surface area contributed by atoms with E-state index in [9.17, 15) is 0 Å². The Kier molecular flexibility index (Phi) is 3.83. The van der Waals surface area contributed by atoms with Gasteiger partial charge in [0.15, 0.2) is 0 Å². The van der Waals surface area contributed by atoms with E-state index in [0.717, 1.165) is 24.6 Å². The minimum Gasteiger partial charge on any atom is -0.387 e. The van der Waals surface area contributed by atoms with E-state index < -0.39 is 0 Å². The second kappa shape index (κ2) is 4.43. The molecule has 0 spiro atoms. The molecule has 0 aromatic carbocycles. The van der Waals surface area contributed by atoms with Gasteiger partial charge in [-0.15, -0.1) is 5.06 Å². The van der Waals surface area contributed by atoms with Crippen molar-refractivity contribution in [3.8, 4) is 0 Å². The Morgan fingerprint density at radius 1 is 1.50 bits per heavy atom. The van der Waals surface area contributed by atoms with Gasteiger partial charge in [-0.25, -0.2) is 0 Å². The molecule has 5 heteroatoms. The normalized spacial score (nSPS) is 20.5. The molecule has 1 fully saturated rings. The van der Waals surface area contributed by atoms with Crippen molar-refractivity contribution >= 4 is 41.0 Å². The van der Waals surface area contributed by atoms with Crippen LogP contribution < -0.4 is 0 Å². The lowest BCUT2D eigenvalue weighted by molar-refractivity contribution is -0.0558. The molecule has 1 saturated heterocycles. The van der Waals surface area contributed by atoms with E-state index in [1.165, 1.54) is 0 Å². The van der Waals surface area contributed by atoms with Crippen LogP contribution in [0, 0.1) is 0 Å². The van der Waals surface area contributed by atoms with Crippen LogP contribution in [0.3, 0.4) is 0 Å². The summed E-state index contributed by atoms with van der Waals surface area (Å²) in [6, 6.07) is 0. The molecule has 1 heterocycles. The molecule has 2 nitrogen and oxygen atoms in total. The fraction of sp³-hybridized carbons (Fsp3) is 0.800. The lowest BCUT2D eigenvalue weighted by Gasteiger charge is -2.24. The van der Waals surface area contributed by atoms with Crippen molar-refractivity contribution in [1.82, 2.24) is 5.06 Å². The van der Waals surface area contributed by atoms with Gasteiger partial charge < -0.3 is 4.84 Å². The van der Waals surface area contributed by atoms with E-state index in [-0.39, 0.29) is 0 Å². The van der Waals surface area contributed by atoms with E-state index in [1.807, 2.05) is 16.8 Å². The number of thiol groups is 1. The predicted octanol–water partition coefficient (Wildman–Crippen LogP) is 1.18. The fourth-order valence-electron chi connectivity index (χ4n) is 0.748. The average Bonchev–Trinajstić information content (AvgIpc) is 1.88. The van der Waals surface area contributed by atoms with Gasteiger partial charge in [-0.1, -0.05) is 12.6 Å². The highest BCUT2D eigenvalue weighted by molar-refractivity contribution is 8.10. The Morgan fingerprint density at radius 2 is 2.10 bits per heavy atom. The second-order valence-electron chi connectivity index (χ2n) is 1.90. The summed E-state index contributed by atoms with van der Waals surface area (Å²) in [7, 11) is 0. The van der Waals surface area contributed by atoms with Gasteiger partial charge in [-0.2, -0.15) is 11.8 Å². The van der Waals surface area contributed by atoms with Crippen molar-refractivity contribution in [3.05, 3.63) is 0 Å². The first-order chi connectivity index (χ1) is 4.79. The molecule has 0 radical (unpaired) electrons. The molecule has 0 atom stereocenters. The maximum absolute atomic E-state index is 5.11. The van der Waals surface area contributed by atoms with Gasteiger partial charge in [0.05, 0.1) is 0 Å². The zero-order chi connectivity index (χ0) is 7.40. The minimum absolute atomic E-state index is 0.312. The molecule has 0 aliphatic carbocycles. The lowest BCUT2D eigenvalue weighted by Crippen LogP contribution is -2.33. The standard InChI is InChI=1S/C5H9NOS3/c8-5(9)7-6-1-3-10-4-2-6/h1-4H2,(H,8,9). The summed E-state index contributed by atoms with van der Waals surface area (Å²) in [5.41, 5.74) is 0. The smallest absolute Gasteiger partial charge is 0.241 e. The van der Waals surface area contributed by atoms with Crippen molar-refractivity contribution in [1.29, 1.82) is 0 Å². The highest BCUT2D eigenvalue weighted by Crippen LogP contribution is 2.09. The number of rotatable bonds is 1. The van der Waals surface area contributed by atoms with Gasteiger partial charge in [0.25, 0.3) is 0 Å². The summed E-state index contributed by atoms with van der Waals surface area (Å²) in [5, 5.41) is 1.85. The van der Waals surface area contributed by atoms with Crippen LogP contribution >= 0.6 is 36.6 Å². The summed E-state index contributed by atoms with van der Waals surface area (Å²) in [6.45, 7) is 1.90. The maximum Gasteiger partial charge on any atom is 0.241 e. The first-order valence-corrected chi connectivity index (χ1v) is 5.03. The predicted molar refractivity (Wildman–Crippen MR) is 51.6 cm³/mol. The van der Waals surface area contributed by atoms with E-state index in [0.29, 0.717) is 4.38 Å². The Bertz CT molecular complexity index is 124. The highest BCUT2D eigenvalue weighted by atomic mass is 32.2. The van der Waals surface area contributed by atoms with Crippen LogP contribution in [0.2, 0.25) is 0 Å². The van der Waals surface area contributed by atoms with Crippen LogP contribution in [0.4, 0.5) is 0 Å². The molecule has 1 rings (SSSR count). The van der Waals surface area contributed by atoms with Crippen molar-refractivity contribution in [3.63, 3.8) is 0 Å². The maximum atomic E-state index is 5.11. The molecule has 0 amide bonds. The quantitative estimate of drug-likeness (QED) is 0.498. The van der Waals surface area contributed by atoms with Crippen LogP contribution in [-0.2, 0) is 4.84 Å². The van der Waals surface area contributed by atoms with Gasteiger partial charge in [-0.3, -0.25) is 0 Å². The van der Waals surface area contributed by atoms with E-state index in [2.05, 4.69) is 24.8 Å². The van der Waals surface area contributed by atoms with Gasteiger partial charge >= 0.3 is 0 Å². The summed E-state index contributed by atoms with van der Waals surface area (Å²) >= 11 is 10.5. The topological polar surface area (TPSA) is 12.5 Å². The third-order valence-corrected chi connectivity index (χ3v) is 2.28. The second-order valence-corrected chi connectivity index (χ2v) is 4.20. The average molecular weight is 195 g/mol. The molecule has 0 saturated carbocycles. The molecule has 1 aliphatic rings. The molecule has 0 aromatic rings. The van der Waals surface area contributed by atoms with Crippen LogP contribution in [0.1, 0.15) is 0 Å². The zero-order valence-corrected chi connectivity index (χ0v) is 7.98. The fourth-order valence-corrected chi connectivity index (χ4v) is 1.84. The largest absolute Gasteiger partial charge is 0.387 e. The van der Waals surface area contributed by atoms with Crippen molar-refractivity contribution in [2.24, 2.45) is 0 Å². The van der Waals surface area contributed by atoms with Crippen LogP contribution in [0.25, 0.3) is 0 Å². The molecule has 0 N–H and O–H groups in total. The first-order valence-electron chi connectivity index (χ1n) is 3.02. The number of hydroxylamine groups is 2. The third kappa shape index (κ3) is 3.09. The molecule has 58 valence electrons. The number of hydrogen-bond donors (Lipinski definition) is 1. The van der Waals surface area contributed by atoms with Crippen LogP contribution in [0.15, 0.2) is 0 Å². The summed E-state index contributed by atoms with van der Waals surface area (Å²) in [5.74, 6) is 2.24.